The number of carbonyl (C=O) groups excluding carboxylic acids is 1. The highest BCUT2D eigenvalue weighted by Gasteiger charge is 2.20. The van der Waals surface area contributed by atoms with Crippen molar-refractivity contribution in [3.8, 4) is 11.5 Å². The molecule has 0 bridgehead atoms. The standard InChI is InChI=1S/C16H25NO3/c1-5-7-11-17(6-2)16(18)13(3)20-15-10-8-9-14(12-15)19-4/h8-10,12-13H,5-7,11H2,1-4H3. The molecule has 1 rings (SSSR count). The Hall–Kier alpha value is -1.71. The zero-order valence-corrected chi connectivity index (χ0v) is 12.9. The third kappa shape index (κ3) is 4.76. The number of carbonyl (C=O) groups is 1. The van der Waals surface area contributed by atoms with Gasteiger partial charge in [0.1, 0.15) is 11.5 Å². The van der Waals surface area contributed by atoms with Gasteiger partial charge in [-0.1, -0.05) is 19.4 Å². The number of amides is 1. The number of likely N-dealkylation sites (N-methyl/N-ethyl adjacent to an activating group) is 1. The second kappa shape index (κ2) is 8.46. The minimum atomic E-state index is -0.487. The summed E-state index contributed by atoms with van der Waals surface area (Å²) in [4.78, 5) is 14.2. The Balaban J connectivity index is 2.63. The Labute approximate surface area is 121 Å². The van der Waals surface area contributed by atoms with E-state index in [-0.39, 0.29) is 5.91 Å². The van der Waals surface area contributed by atoms with Gasteiger partial charge < -0.3 is 14.4 Å². The average Bonchev–Trinajstić information content (AvgIpc) is 2.47. The SMILES string of the molecule is CCCCN(CC)C(=O)C(C)Oc1cccc(OC)c1. The summed E-state index contributed by atoms with van der Waals surface area (Å²) in [7, 11) is 1.61. The molecule has 4 nitrogen and oxygen atoms in total. The average molecular weight is 279 g/mol. The minimum absolute atomic E-state index is 0.0313. The second-order valence-electron chi connectivity index (χ2n) is 4.71. The minimum Gasteiger partial charge on any atom is -0.497 e. The van der Waals surface area contributed by atoms with E-state index in [2.05, 4.69) is 6.92 Å². The summed E-state index contributed by atoms with van der Waals surface area (Å²) in [6.45, 7) is 7.40. The maximum atomic E-state index is 12.3. The van der Waals surface area contributed by atoms with E-state index in [1.165, 1.54) is 0 Å². The van der Waals surface area contributed by atoms with Crippen LogP contribution in [0, 0.1) is 0 Å². The van der Waals surface area contributed by atoms with Crippen molar-refractivity contribution in [3.63, 3.8) is 0 Å². The van der Waals surface area contributed by atoms with Gasteiger partial charge in [-0.25, -0.2) is 0 Å². The van der Waals surface area contributed by atoms with Crippen LogP contribution in [-0.2, 0) is 4.79 Å². The Morgan fingerprint density at radius 2 is 2.00 bits per heavy atom. The first-order chi connectivity index (χ1) is 9.62. The van der Waals surface area contributed by atoms with E-state index in [0.29, 0.717) is 12.3 Å². The first-order valence-electron chi connectivity index (χ1n) is 7.21. The fourth-order valence-electron chi connectivity index (χ4n) is 1.96. The van der Waals surface area contributed by atoms with E-state index >= 15 is 0 Å². The molecule has 0 heterocycles. The molecule has 0 spiro atoms. The quantitative estimate of drug-likeness (QED) is 0.734. The number of methoxy groups -OCH3 is 1. The molecule has 0 saturated heterocycles. The first kappa shape index (κ1) is 16.3. The van der Waals surface area contributed by atoms with Gasteiger partial charge in [0.25, 0.3) is 5.91 Å². The van der Waals surface area contributed by atoms with Crippen LogP contribution in [0.1, 0.15) is 33.6 Å². The highest BCUT2D eigenvalue weighted by Crippen LogP contribution is 2.20. The number of ether oxygens (including phenoxy) is 2. The molecule has 0 N–H and O–H groups in total. The number of rotatable bonds is 8. The molecular weight excluding hydrogens is 254 g/mol. The number of unbranched alkanes of at least 4 members (excludes halogenated alkanes) is 1. The van der Waals surface area contributed by atoms with E-state index in [1.807, 2.05) is 30.0 Å². The monoisotopic (exact) mass is 279 g/mol. The molecule has 4 heteroatoms. The van der Waals surface area contributed by atoms with Crippen LogP contribution in [0.3, 0.4) is 0 Å². The Morgan fingerprint density at radius 1 is 1.30 bits per heavy atom. The molecule has 1 amide bonds. The fraction of sp³-hybridized carbons (Fsp3) is 0.562. The third-order valence-electron chi connectivity index (χ3n) is 3.18. The molecule has 1 aromatic rings. The lowest BCUT2D eigenvalue weighted by Crippen LogP contribution is -2.40. The molecule has 1 atom stereocenters. The van der Waals surface area contributed by atoms with Gasteiger partial charge in [-0.05, 0) is 32.4 Å². The second-order valence-corrected chi connectivity index (χ2v) is 4.71. The van der Waals surface area contributed by atoms with E-state index in [1.54, 1.807) is 20.1 Å². The molecule has 1 aromatic carbocycles. The summed E-state index contributed by atoms with van der Waals surface area (Å²) in [5.74, 6) is 1.40. The molecule has 0 aliphatic carbocycles. The third-order valence-corrected chi connectivity index (χ3v) is 3.18. The van der Waals surface area contributed by atoms with Crippen LogP contribution in [0.5, 0.6) is 11.5 Å². The summed E-state index contributed by atoms with van der Waals surface area (Å²) in [6, 6.07) is 7.31. The predicted molar refractivity (Wildman–Crippen MR) is 80.2 cm³/mol. The summed E-state index contributed by atoms with van der Waals surface area (Å²) in [5.41, 5.74) is 0. The molecule has 0 saturated carbocycles. The fourth-order valence-corrected chi connectivity index (χ4v) is 1.96. The van der Waals surface area contributed by atoms with Gasteiger partial charge in [0.05, 0.1) is 7.11 Å². The lowest BCUT2D eigenvalue weighted by molar-refractivity contribution is -0.137. The molecule has 20 heavy (non-hydrogen) atoms. The predicted octanol–water partition coefficient (Wildman–Crippen LogP) is 3.11. The van der Waals surface area contributed by atoms with Crippen LogP contribution in [0.4, 0.5) is 0 Å². The molecule has 0 aromatic heterocycles. The van der Waals surface area contributed by atoms with Crippen LogP contribution < -0.4 is 9.47 Å². The molecule has 112 valence electrons. The van der Waals surface area contributed by atoms with Crippen molar-refractivity contribution in [1.82, 2.24) is 4.90 Å². The number of hydrogen-bond donors (Lipinski definition) is 0. The number of nitrogens with zero attached hydrogens (tertiary/aromatic N) is 1. The van der Waals surface area contributed by atoms with E-state index < -0.39 is 6.10 Å². The molecule has 0 radical (unpaired) electrons. The zero-order chi connectivity index (χ0) is 15.0. The van der Waals surface area contributed by atoms with E-state index in [9.17, 15) is 4.79 Å². The molecule has 0 fully saturated rings. The summed E-state index contributed by atoms with van der Waals surface area (Å²) < 4.78 is 10.9. The Bertz CT molecular complexity index is 420. The van der Waals surface area contributed by atoms with Gasteiger partial charge in [0.15, 0.2) is 6.10 Å². The van der Waals surface area contributed by atoms with Crippen LogP contribution in [-0.4, -0.2) is 37.1 Å². The van der Waals surface area contributed by atoms with Crippen molar-refractivity contribution in [2.24, 2.45) is 0 Å². The molecule has 0 aliphatic rings. The van der Waals surface area contributed by atoms with Gasteiger partial charge in [-0.3, -0.25) is 4.79 Å². The first-order valence-corrected chi connectivity index (χ1v) is 7.21. The van der Waals surface area contributed by atoms with Crippen molar-refractivity contribution < 1.29 is 14.3 Å². The molecule has 0 aliphatic heterocycles. The zero-order valence-electron chi connectivity index (χ0n) is 12.9. The van der Waals surface area contributed by atoms with Gasteiger partial charge in [-0.2, -0.15) is 0 Å². The lowest BCUT2D eigenvalue weighted by atomic mass is 10.2. The van der Waals surface area contributed by atoms with Gasteiger partial charge >= 0.3 is 0 Å². The van der Waals surface area contributed by atoms with E-state index in [4.69, 9.17) is 9.47 Å². The van der Waals surface area contributed by atoms with Crippen LogP contribution in [0.15, 0.2) is 24.3 Å². The highest BCUT2D eigenvalue weighted by atomic mass is 16.5. The number of benzene rings is 1. The summed E-state index contributed by atoms with van der Waals surface area (Å²) >= 11 is 0. The Kier molecular flexibility index (Phi) is 6.91. The van der Waals surface area contributed by atoms with Gasteiger partial charge in [0.2, 0.25) is 0 Å². The highest BCUT2D eigenvalue weighted by molar-refractivity contribution is 5.80. The lowest BCUT2D eigenvalue weighted by Gasteiger charge is -2.24. The van der Waals surface area contributed by atoms with Crippen LogP contribution in [0.2, 0.25) is 0 Å². The van der Waals surface area contributed by atoms with Crippen LogP contribution in [0.25, 0.3) is 0 Å². The van der Waals surface area contributed by atoms with E-state index in [0.717, 1.165) is 25.1 Å². The van der Waals surface area contributed by atoms with Gasteiger partial charge in [-0.15, -0.1) is 0 Å². The summed E-state index contributed by atoms with van der Waals surface area (Å²) in [5, 5.41) is 0. The van der Waals surface area contributed by atoms with Crippen molar-refractivity contribution >= 4 is 5.91 Å². The van der Waals surface area contributed by atoms with Crippen molar-refractivity contribution in [3.05, 3.63) is 24.3 Å². The topological polar surface area (TPSA) is 38.8 Å². The maximum Gasteiger partial charge on any atom is 0.263 e. The number of hydrogen-bond acceptors (Lipinski definition) is 3. The molecule has 1 unspecified atom stereocenters. The smallest absolute Gasteiger partial charge is 0.263 e. The normalized spacial score (nSPS) is 11.8. The van der Waals surface area contributed by atoms with Crippen molar-refractivity contribution in [2.75, 3.05) is 20.2 Å². The van der Waals surface area contributed by atoms with Crippen molar-refractivity contribution in [1.29, 1.82) is 0 Å². The Morgan fingerprint density at radius 3 is 2.60 bits per heavy atom. The summed E-state index contributed by atoms with van der Waals surface area (Å²) in [6.07, 6.45) is 1.61. The largest absolute Gasteiger partial charge is 0.497 e. The maximum absolute atomic E-state index is 12.3. The van der Waals surface area contributed by atoms with Crippen molar-refractivity contribution in [2.45, 2.75) is 39.7 Å². The van der Waals surface area contributed by atoms with Gasteiger partial charge in [0, 0.05) is 19.2 Å². The molecular formula is C16H25NO3. The van der Waals surface area contributed by atoms with Crippen LogP contribution >= 0.6 is 0 Å².